The molecule has 1 N–H and O–H groups in total. The number of esters is 2. The molecule has 21 heavy (non-hydrogen) atoms. The predicted molar refractivity (Wildman–Crippen MR) is 72.9 cm³/mol. The lowest BCUT2D eigenvalue weighted by atomic mass is 10.2. The number of rotatable bonds is 5. The largest absolute Gasteiger partial charge is 0.458 e. The van der Waals surface area contributed by atoms with E-state index in [4.69, 9.17) is 9.47 Å². The molecular weight excluding hydrogens is 274 g/mol. The van der Waals surface area contributed by atoms with Crippen LogP contribution in [0.3, 0.4) is 0 Å². The number of amides is 1. The lowest BCUT2D eigenvalue weighted by Crippen LogP contribution is -2.27. The van der Waals surface area contributed by atoms with Gasteiger partial charge in [0.15, 0.2) is 6.10 Å². The second kappa shape index (κ2) is 7.23. The average Bonchev–Trinajstić information content (AvgIpc) is 2.89. The molecule has 0 spiro atoms. The number of hydrogen-bond donors (Lipinski definition) is 1. The van der Waals surface area contributed by atoms with Crippen molar-refractivity contribution < 1.29 is 23.9 Å². The van der Waals surface area contributed by atoms with Crippen LogP contribution in [-0.2, 0) is 30.5 Å². The van der Waals surface area contributed by atoms with E-state index >= 15 is 0 Å². The number of nitrogens with one attached hydrogen (secondary N) is 1. The van der Waals surface area contributed by atoms with Crippen molar-refractivity contribution in [1.29, 1.82) is 0 Å². The smallest absolute Gasteiger partial charge is 0.331 e. The Morgan fingerprint density at radius 2 is 1.90 bits per heavy atom. The first-order valence-corrected chi connectivity index (χ1v) is 6.52. The van der Waals surface area contributed by atoms with Gasteiger partial charge in [0.2, 0.25) is 0 Å². The topological polar surface area (TPSA) is 81.7 Å². The zero-order valence-electron chi connectivity index (χ0n) is 11.3. The van der Waals surface area contributed by atoms with Crippen molar-refractivity contribution in [1.82, 2.24) is 5.32 Å². The molecule has 1 atom stereocenters. The van der Waals surface area contributed by atoms with E-state index in [1.807, 2.05) is 30.3 Å². The minimum Gasteiger partial charge on any atom is -0.458 e. The van der Waals surface area contributed by atoms with Gasteiger partial charge in [0.25, 0.3) is 5.91 Å². The van der Waals surface area contributed by atoms with Crippen molar-refractivity contribution in [3.8, 4) is 0 Å². The van der Waals surface area contributed by atoms with E-state index < -0.39 is 18.0 Å². The molecule has 0 radical (unpaired) electrons. The lowest BCUT2D eigenvalue weighted by Gasteiger charge is -2.06. The van der Waals surface area contributed by atoms with Crippen LogP contribution >= 0.6 is 0 Å². The van der Waals surface area contributed by atoms with E-state index in [2.05, 4.69) is 5.32 Å². The molecule has 1 fully saturated rings. The minimum atomic E-state index is -0.775. The van der Waals surface area contributed by atoms with Crippen LogP contribution in [0.15, 0.2) is 42.5 Å². The maximum atomic E-state index is 11.4. The first-order valence-electron chi connectivity index (χ1n) is 6.52. The quantitative estimate of drug-likeness (QED) is 0.638. The van der Waals surface area contributed by atoms with Crippen molar-refractivity contribution in [2.24, 2.45) is 0 Å². The summed E-state index contributed by atoms with van der Waals surface area (Å²) in [5, 5.41) is 2.55. The molecule has 6 nitrogen and oxygen atoms in total. The van der Waals surface area contributed by atoms with Gasteiger partial charge in [0.05, 0.1) is 0 Å². The van der Waals surface area contributed by atoms with Crippen molar-refractivity contribution in [2.75, 3.05) is 6.54 Å². The van der Waals surface area contributed by atoms with Gasteiger partial charge in [-0.15, -0.1) is 0 Å². The van der Waals surface area contributed by atoms with Gasteiger partial charge in [-0.3, -0.25) is 4.79 Å². The van der Waals surface area contributed by atoms with Crippen LogP contribution in [0.5, 0.6) is 0 Å². The molecule has 1 saturated heterocycles. The van der Waals surface area contributed by atoms with Crippen molar-refractivity contribution in [3.63, 3.8) is 0 Å². The summed E-state index contributed by atoms with van der Waals surface area (Å²) < 4.78 is 9.85. The Morgan fingerprint density at radius 1 is 1.19 bits per heavy atom. The molecular formula is C15H15NO5. The summed E-state index contributed by atoms with van der Waals surface area (Å²) in [6.45, 7) is 0.615. The van der Waals surface area contributed by atoms with Crippen LogP contribution in [-0.4, -0.2) is 30.5 Å². The maximum Gasteiger partial charge on any atom is 0.331 e. The summed E-state index contributed by atoms with van der Waals surface area (Å²) in [6.07, 6.45) is 1.61. The van der Waals surface area contributed by atoms with E-state index in [1.165, 1.54) is 0 Å². The van der Waals surface area contributed by atoms with Crippen LogP contribution in [0, 0.1) is 0 Å². The van der Waals surface area contributed by atoms with Gasteiger partial charge in [0.1, 0.15) is 6.61 Å². The highest BCUT2D eigenvalue weighted by Gasteiger charge is 2.26. The third-order valence-corrected chi connectivity index (χ3v) is 2.84. The number of carbonyl (C=O) groups is 3. The highest BCUT2D eigenvalue weighted by atomic mass is 16.5. The number of ether oxygens (including phenoxy) is 2. The molecule has 1 aromatic carbocycles. The van der Waals surface area contributed by atoms with E-state index in [1.54, 1.807) is 0 Å². The third kappa shape index (κ3) is 4.76. The molecule has 1 aliphatic rings. The molecule has 1 unspecified atom stereocenters. The molecule has 2 rings (SSSR count). The Morgan fingerprint density at radius 3 is 2.57 bits per heavy atom. The fraction of sp³-hybridized carbons (Fsp3) is 0.267. The Balaban J connectivity index is 1.74. The van der Waals surface area contributed by atoms with Gasteiger partial charge in [-0.25, -0.2) is 9.59 Å². The zero-order chi connectivity index (χ0) is 15.1. The van der Waals surface area contributed by atoms with Gasteiger partial charge in [-0.1, -0.05) is 30.3 Å². The third-order valence-electron chi connectivity index (χ3n) is 2.84. The van der Waals surface area contributed by atoms with E-state index in [0.717, 1.165) is 17.7 Å². The van der Waals surface area contributed by atoms with Crippen LogP contribution in [0.4, 0.5) is 0 Å². The predicted octanol–water partition coefficient (Wildman–Crippen LogP) is 0.718. The SMILES string of the molecule is O=C(/C=C/C(=O)OC1CCNC1=O)OCc1ccccc1. The molecule has 1 heterocycles. The molecule has 0 aromatic heterocycles. The first kappa shape index (κ1) is 14.8. The molecule has 0 saturated carbocycles. The second-order valence-corrected chi connectivity index (χ2v) is 4.43. The Hall–Kier alpha value is -2.63. The number of carbonyl (C=O) groups excluding carboxylic acids is 3. The molecule has 1 amide bonds. The van der Waals surface area contributed by atoms with E-state index in [0.29, 0.717) is 13.0 Å². The Labute approximate surface area is 121 Å². The maximum absolute atomic E-state index is 11.4. The fourth-order valence-electron chi connectivity index (χ4n) is 1.78. The lowest BCUT2D eigenvalue weighted by molar-refractivity contribution is -0.149. The van der Waals surface area contributed by atoms with Gasteiger partial charge >= 0.3 is 11.9 Å². The Bertz CT molecular complexity index is 552. The highest BCUT2D eigenvalue weighted by Crippen LogP contribution is 2.05. The molecule has 1 aromatic rings. The summed E-state index contributed by atoms with van der Waals surface area (Å²) in [5.74, 6) is -1.70. The van der Waals surface area contributed by atoms with Crippen LogP contribution < -0.4 is 5.32 Å². The van der Waals surface area contributed by atoms with Crippen molar-refractivity contribution in [2.45, 2.75) is 19.1 Å². The van der Waals surface area contributed by atoms with E-state index in [-0.39, 0.29) is 12.5 Å². The van der Waals surface area contributed by atoms with Crippen molar-refractivity contribution >= 4 is 17.8 Å². The Kier molecular flexibility index (Phi) is 5.09. The molecule has 1 aliphatic heterocycles. The summed E-state index contributed by atoms with van der Waals surface area (Å²) in [4.78, 5) is 34.1. The summed E-state index contributed by atoms with van der Waals surface area (Å²) in [6, 6.07) is 9.18. The monoisotopic (exact) mass is 289 g/mol. The van der Waals surface area contributed by atoms with Gasteiger partial charge in [0, 0.05) is 25.1 Å². The molecule has 110 valence electrons. The van der Waals surface area contributed by atoms with Crippen LogP contribution in [0.25, 0.3) is 0 Å². The standard InChI is InChI=1S/C15H15NO5/c17-13(20-10-11-4-2-1-3-5-11)6-7-14(18)21-12-8-9-16-15(12)19/h1-7,12H,8-10H2,(H,16,19)/b7-6+. The first-order chi connectivity index (χ1) is 10.1. The summed E-state index contributed by atoms with van der Waals surface area (Å²) >= 11 is 0. The molecule has 0 aliphatic carbocycles. The van der Waals surface area contributed by atoms with Gasteiger partial charge < -0.3 is 14.8 Å². The normalized spacial score (nSPS) is 17.5. The van der Waals surface area contributed by atoms with Gasteiger partial charge in [-0.2, -0.15) is 0 Å². The minimum absolute atomic E-state index is 0.129. The van der Waals surface area contributed by atoms with E-state index in [9.17, 15) is 14.4 Å². The highest BCUT2D eigenvalue weighted by molar-refractivity contribution is 5.93. The summed E-state index contributed by atoms with van der Waals surface area (Å²) in [5.41, 5.74) is 0.851. The summed E-state index contributed by atoms with van der Waals surface area (Å²) in [7, 11) is 0. The number of hydrogen-bond acceptors (Lipinski definition) is 5. The van der Waals surface area contributed by atoms with Crippen LogP contribution in [0.1, 0.15) is 12.0 Å². The molecule has 0 bridgehead atoms. The number of benzene rings is 1. The van der Waals surface area contributed by atoms with Crippen LogP contribution in [0.2, 0.25) is 0 Å². The van der Waals surface area contributed by atoms with Gasteiger partial charge in [-0.05, 0) is 5.56 Å². The zero-order valence-corrected chi connectivity index (χ0v) is 11.3. The second-order valence-electron chi connectivity index (χ2n) is 4.43. The van der Waals surface area contributed by atoms with Crippen molar-refractivity contribution in [3.05, 3.63) is 48.0 Å². The fourth-order valence-corrected chi connectivity index (χ4v) is 1.78. The molecule has 6 heteroatoms. The average molecular weight is 289 g/mol.